The summed E-state index contributed by atoms with van der Waals surface area (Å²) >= 11 is 0. The van der Waals surface area contributed by atoms with Crippen LogP contribution < -0.4 is 10.1 Å². The zero-order valence-corrected chi connectivity index (χ0v) is 18.4. The molecule has 0 atom stereocenters. The third-order valence-electron chi connectivity index (χ3n) is 4.67. The van der Waals surface area contributed by atoms with Gasteiger partial charge in [0.1, 0.15) is 11.6 Å². The summed E-state index contributed by atoms with van der Waals surface area (Å²) in [4.78, 5) is 20.8. The number of rotatable bonds is 8. The molecule has 162 valence electrons. The average Bonchev–Trinajstić information content (AvgIpc) is 2.78. The number of hydrogen-bond donors (Lipinski definition) is 1. The molecule has 0 aliphatic carbocycles. The first-order valence-corrected chi connectivity index (χ1v) is 11.0. The van der Waals surface area contributed by atoms with Crippen LogP contribution in [0, 0.1) is 6.92 Å². The van der Waals surface area contributed by atoms with E-state index in [2.05, 4.69) is 15.3 Å². The molecule has 8 nitrogen and oxygen atoms in total. The molecule has 0 saturated heterocycles. The van der Waals surface area contributed by atoms with Crippen LogP contribution in [0.1, 0.15) is 27.3 Å². The molecule has 0 unspecified atom stereocenters. The van der Waals surface area contributed by atoms with E-state index in [4.69, 9.17) is 4.74 Å². The second-order valence-electron chi connectivity index (χ2n) is 6.99. The number of nitrogens with one attached hydrogen (secondary N) is 1. The summed E-state index contributed by atoms with van der Waals surface area (Å²) in [6, 6.07) is 14.0. The van der Waals surface area contributed by atoms with Crippen molar-refractivity contribution in [2.75, 3.05) is 14.2 Å². The number of sulfonamides is 1. The molecule has 1 N–H and O–H groups in total. The number of ether oxygens (including phenoxy) is 1. The third-order valence-corrected chi connectivity index (χ3v) is 6.49. The van der Waals surface area contributed by atoms with Gasteiger partial charge < -0.3 is 10.1 Å². The molecular weight excluding hydrogens is 416 g/mol. The minimum absolute atomic E-state index is 0.00996. The summed E-state index contributed by atoms with van der Waals surface area (Å²) in [6.07, 6.45) is 2.77. The van der Waals surface area contributed by atoms with Gasteiger partial charge in [0.05, 0.1) is 24.1 Å². The molecule has 0 bridgehead atoms. The average molecular weight is 441 g/mol. The van der Waals surface area contributed by atoms with Crippen LogP contribution in [0.5, 0.6) is 5.75 Å². The Labute approximate surface area is 182 Å². The van der Waals surface area contributed by atoms with Crippen LogP contribution in [0.25, 0.3) is 0 Å². The Morgan fingerprint density at radius 1 is 1.03 bits per heavy atom. The van der Waals surface area contributed by atoms with E-state index in [9.17, 15) is 13.2 Å². The van der Waals surface area contributed by atoms with Gasteiger partial charge in [0.2, 0.25) is 10.0 Å². The maximum absolute atomic E-state index is 12.7. The van der Waals surface area contributed by atoms with E-state index in [0.717, 1.165) is 16.9 Å². The quantitative estimate of drug-likeness (QED) is 0.578. The van der Waals surface area contributed by atoms with Crippen LogP contribution in [0.15, 0.2) is 65.8 Å². The number of benzene rings is 2. The van der Waals surface area contributed by atoms with E-state index in [1.165, 1.54) is 23.7 Å². The van der Waals surface area contributed by atoms with Gasteiger partial charge >= 0.3 is 0 Å². The lowest BCUT2D eigenvalue weighted by atomic mass is 10.2. The highest BCUT2D eigenvalue weighted by Gasteiger charge is 2.21. The first-order chi connectivity index (χ1) is 14.8. The summed E-state index contributed by atoms with van der Waals surface area (Å²) < 4.78 is 31.6. The fourth-order valence-corrected chi connectivity index (χ4v) is 3.88. The molecule has 1 heterocycles. The predicted molar refractivity (Wildman–Crippen MR) is 116 cm³/mol. The van der Waals surface area contributed by atoms with Crippen molar-refractivity contribution in [2.45, 2.75) is 24.9 Å². The fraction of sp³-hybridized carbons (Fsp3) is 0.227. The van der Waals surface area contributed by atoms with Crippen molar-refractivity contribution in [3.05, 3.63) is 83.4 Å². The molecule has 31 heavy (non-hydrogen) atoms. The zero-order valence-electron chi connectivity index (χ0n) is 17.6. The van der Waals surface area contributed by atoms with Crippen LogP contribution >= 0.6 is 0 Å². The number of amides is 1. The minimum atomic E-state index is -3.66. The lowest BCUT2D eigenvalue weighted by Gasteiger charge is -2.16. The van der Waals surface area contributed by atoms with Crippen molar-refractivity contribution in [3.8, 4) is 5.75 Å². The Kier molecular flexibility index (Phi) is 6.98. The number of carbonyl (C=O) groups excluding carboxylic acids is 1. The summed E-state index contributed by atoms with van der Waals surface area (Å²) in [5.74, 6) is 0.723. The number of nitrogens with zero attached hydrogens (tertiary/aromatic N) is 3. The molecule has 0 spiro atoms. The van der Waals surface area contributed by atoms with E-state index in [1.807, 2.05) is 31.2 Å². The maximum Gasteiger partial charge on any atom is 0.254 e. The molecule has 0 fully saturated rings. The Balaban J connectivity index is 1.59. The first kappa shape index (κ1) is 22.4. The largest absolute Gasteiger partial charge is 0.497 e. The van der Waals surface area contributed by atoms with Crippen LogP contribution in [0.4, 0.5) is 0 Å². The van der Waals surface area contributed by atoms with E-state index in [-0.39, 0.29) is 17.3 Å². The SMILES string of the molecule is COc1ccc(CNC(=O)c2cnc(CN(C)S(=O)(=O)c3ccc(C)cc3)nc2)cc1. The van der Waals surface area contributed by atoms with Crippen molar-refractivity contribution in [2.24, 2.45) is 0 Å². The fourth-order valence-electron chi connectivity index (χ4n) is 2.76. The smallest absolute Gasteiger partial charge is 0.254 e. The van der Waals surface area contributed by atoms with Gasteiger partial charge in [-0.25, -0.2) is 18.4 Å². The number of hydrogen-bond acceptors (Lipinski definition) is 6. The van der Waals surface area contributed by atoms with Crippen molar-refractivity contribution >= 4 is 15.9 Å². The van der Waals surface area contributed by atoms with Gasteiger partial charge in [0, 0.05) is 26.0 Å². The topological polar surface area (TPSA) is 101 Å². The van der Waals surface area contributed by atoms with Gasteiger partial charge in [0.15, 0.2) is 0 Å². The molecule has 0 saturated carbocycles. The monoisotopic (exact) mass is 440 g/mol. The van der Waals surface area contributed by atoms with Crippen molar-refractivity contribution in [1.29, 1.82) is 0 Å². The van der Waals surface area contributed by atoms with Gasteiger partial charge in [-0.2, -0.15) is 4.31 Å². The lowest BCUT2D eigenvalue weighted by Crippen LogP contribution is -2.28. The Morgan fingerprint density at radius 3 is 2.23 bits per heavy atom. The standard InChI is InChI=1S/C22H24N4O4S/c1-16-4-10-20(11-5-16)31(28,29)26(2)15-21-23-13-18(14-24-21)22(27)25-12-17-6-8-19(30-3)9-7-17/h4-11,13-14H,12,15H2,1-3H3,(H,25,27). The number of aryl methyl sites for hydroxylation is 1. The number of aromatic nitrogens is 2. The first-order valence-electron chi connectivity index (χ1n) is 9.54. The molecule has 3 rings (SSSR count). The Morgan fingerprint density at radius 2 is 1.65 bits per heavy atom. The maximum atomic E-state index is 12.7. The molecule has 2 aromatic carbocycles. The summed E-state index contributed by atoms with van der Waals surface area (Å²) in [6.45, 7) is 2.23. The predicted octanol–water partition coefficient (Wildman–Crippen LogP) is 2.54. The van der Waals surface area contributed by atoms with E-state index >= 15 is 0 Å². The van der Waals surface area contributed by atoms with Crippen LogP contribution in [-0.2, 0) is 23.1 Å². The van der Waals surface area contributed by atoms with Gasteiger partial charge in [-0.1, -0.05) is 29.8 Å². The highest BCUT2D eigenvalue weighted by Crippen LogP contribution is 2.16. The summed E-state index contributed by atoms with van der Waals surface area (Å²) in [7, 11) is -0.600. The Bertz CT molecular complexity index is 1130. The number of carbonyl (C=O) groups is 1. The minimum Gasteiger partial charge on any atom is -0.497 e. The summed E-state index contributed by atoms with van der Waals surface area (Å²) in [5.41, 5.74) is 2.20. The van der Waals surface area contributed by atoms with E-state index < -0.39 is 10.0 Å². The Hall–Kier alpha value is -3.30. The van der Waals surface area contributed by atoms with Crippen LogP contribution in [-0.4, -0.2) is 42.8 Å². The highest BCUT2D eigenvalue weighted by atomic mass is 32.2. The molecule has 0 aliphatic rings. The molecule has 0 radical (unpaired) electrons. The van der Waals surface area contributed by atoms with Crippen molar-refractivity contribution < 1.29 is 17.9 Å². The zero-order chi connectivity index (χ0) is 22.4. The van der Waals surface area contributed by atoms with Gasteiger partial charge in [-0.3, -0.25) is 4.79 Å². The molecular formula is C22H24N4O4S. The normalized spacial score (nSPS) is 11.4. The van der Waals surface area contributed by atoms with Crippen molar-refractivity contribution in [1.82, 2.24) is 19.6 Å². The number of methoxy groups -OCH3 is 1. The summed E-state index contributed by atoms with van der Waals surface area (Å²) in [5, 5.41) is 2.80. The molecule has 9 heteroatoms. The van der Waals surface area contributed by atoms with E-state index in [1.54, 1.807) is 31.4 Å². The third kappa shape index (κ3) is 5.65. The second kappa shape index (κ2) is 9.67. The van der Waals surface area contributed by atoms with Gasteiger partial charge in [-0.15, -0.1) is 0 Å². The van der Waals surface area contributed by atoms with Gasteiger partial charge in [-0.05, 0) is 36.8 Å². The molecule has 0 aliphatic heterocycles. The second-order valence-corrected chi connectivity index (χ2v) is 9.04. The van der Waals surface area contributed by atoms with Crippen LogP contribution in [0.3, 0.4) is 0 Å². The van der Waals surface area contributed by atoms with Crippen LogP contribution in [0.2, 0.25) is 0 Å². The molecule has 1 amide bonds. The molecule has 1 aromatic heterocycles. The van der Waals surface area contributed by atoms with Crippen molar-refractivity contribution in [3.63, 3.8) is 0 Å². The molecule has 3 aromatic rings. The highest BCUT2D eigenvalue weighted by molar-refractivity contribution is 7.89. The van der Waals surface area contributed by atoms with E-state index in [0.29, 0.717) is 17.9 Å². The lowest BCUT2D eigenvalue weighted by molar-refractivity contribution is 0.0950. The van der Waals surface area contributed by atoms with Gasteiger partial charge in [0.25, 0.3) is 5.91 Å².